The fourth-order valence-corrected chi connectivity index (χ4v) is 3.64. The number of carbonyl (C=O) groups excluding carboxylic acids is 1. The number of aliphatic hydroxyl groups is 1. The molecule has 0 aliphatic heterocycles. The SMILES string of the molecule is Cc1cc(OCCN(C)C)c(C(C)C)cc1OC(=O)C(O)(c1ccccc1)c1ccccc1.Cl. The van der Waals surface area contributed by atoms with Crippen LogP contribution in [-0.2, 0) is 10.4 Å². The van der Waals surface area contributed by atoms with Gasteiger partial charge in [-0.1, -0.05) is 74.5 Å². The molecule has 0 radical (unpaired) electrons. The Hall–Kier alpha value is -2.86. The van der Waals surface area contributed by atoms with Crippen molar-refractivity contribution in [3.05, 3.63) is 95.1 Å². The van der Waals surface area contributed by atoms with Crippen LogP contribution < -0.4 is 9.47 Å². The van der Waals surface area contributed by atoms with Crippen molar-refractivity contribution in [3.63, 3.8) is 0 Å². The van der Waals surface area contributed by atoms with Gasteiger partial charge in [0.25, 0.3) is 0 Å². The zero-order valence-corrected chi connectivity index (χ0v) is 21.3. The van der Waals surface area contributed by atoms with Crippen LogP contribution in [0, 0.1) is 6.92 Å². The number of halogens is 1. The van der Waals surface area contributed by atoms with Gasteiger partial charge in [0.05, 0.1) is 0 Å². The highest BCUT2D eigenvalue weighted by molar-refractivity contribution is 5.87. The molecule has 182 valence electrons. The molecule has 6 heteroatoms. The highest BCUT2D eigenvalue weighted by Gasteiger charge is 2.42. The lowest BCUT2D eigenvalue weighted by molar-refractivity contribution is -0.152. The molecule has 3 aromatic rings. The molecule has 0 aliphatic rings. The van der Waals surface area contributed by atoms with Crippen molar-refractivity contribution in [2.24, 2.45) is 0 Å². The van der Waals surface area contributed by atoms with Gasteiger partial charge in [0.1, 0.15) is 18.1 Å². The molecule has 3 rings (SSSR count). The number of nitrogens with zero attached hydrogens (tertiary/aromatic N) is 1. The molecule has 1 N–H and O–H groups in total. The lowest BCUT2D eigenvalue weighted by atomic mass is 9.86. The molecule has 0 spiro atoms. The highest BCUT2D eigenvalue weighted by Crippen LogP contribution is 2.36. The summed E-state index contributed by atoms with van der Waals surface area (Å²) in [6.07, 6.45) is 0. The van der Waals surface area contributed by atoms with E-state index in [4.69, 9.17) is 9.47 Å². The van der Waals surface area contributed by atoms with Gasteiger partial charge in [-0.05, 0) is 55.8 Å². The van der Waals surface area contributed by atoms with Gasteiger partial charge >= 0.3 is 5.97 Å². The third kappa shape index (κ3) is 6.17. The summed E-state index contributed by atoms with van der Waals surface area (Å²) < 4.78 is 11.9. The predicted molar refractivity (Wildman–Crippen MR) is 138 cm³/mol. The summed E-state index contributed by atoms with van der Waals surface area (Å²) in [6.45, 7) is 7.37. The topological polar surface area (TPSA) is 59.0 Å². The average molecular weight is 484 g/mol. The first-order chi connectivity index (χ1) is 15.7. The molecule has 0 aromatic heterocycles. The van der Waals surface area contributed by atoms with Crippen molar-refractivity contribution >= 4 is 18.4 Å². The predicted octanol–water partition coefficient (Wildman–Crippen LogP) is 5.32. The fraction of sp³-hybridized carbons (Fsp3) is 0.321. The van der Waals surface area contributed by atoms with E-state index in [-0.39, 0.29) is 18.3 Å². The van der Waals surface area contributed by atoms with Crippen molar-refractivity contribution in [2.75, 3.05) is 27.2 Å². The van der Waals surface area contributed by atoms with Crippen LogP contribution in [0.15, 0.2) is 72.8 Å². The second kappa shape index (κ2) is 12.0. The molecule has 0 saturated heterocycles. The summed E-state index contributed by atoms with van der Waals surface area (Å²) in [7, 11) is 4.00. The number of esters is 1. The molecular weight excluding hydrogens is 450 g/mol. The van der Waals surface area contributed by atoms with E-state index in [1.165, 1.54) is 0 Å². The van der Waals surface area contributed by atoms with E-state index in [1.54, 1.807) is 48.5 Å². The number of benzene rings is 3. The lowest BCUT2D eigenvalue weighted by Gasteiger charge is -2.27. The second-order valence-corrected chi connectivity index (χ2v) is 8.79. The Morgan fingerprint density at radius 1 is 0.941 bits per heavy atom. The first-order valence-electron chi connectivity index (χ1n) is 11.2. The minimum Gasteiger partial charge on any atom is -0.492 e. The molecule has 34 heavy (non-hydrogen) atoms. The van der Waals surface area contributed by atoms with Crippen LogP contribution in [-0.4, -0.2) is 43.2 Å². The smallest absolute Gasteiger partial charge is 0.353 e. The average Bonchev–Trinajstić information content (AvgIpc) is 2.80. The lowest BCUT2D eigenvalue weighted by Crippen LogP contribution is -2.40. The molecule has 0 amide bonds. The van der Waals surface area contributed by atoms with Crippen LogP contribution in [0.5, 0.6) is 11.5 Å². The van der Waals surface area contributed by atoms with E-state index in [0.29, 0.717) is 23.5 Å². The van der Waals surface area contributed by atoms with Gasteiger partial charge in [-0.15, -0.1) is 12.4 Å². The number of hydrogen-bond acceptors (Lipinski definition) is 5. The Balaban J connectivity index is 0.00000408. The van der Waals surface area contributed by atoms with Crippen LogP contribution in [0.1, 0.15) is 42.0 Å². The number of aryl methyl sites for hydroxylation is 1. The van der Waals surface area contributed by atoms with Crippen molar-refractivity contribution in [3.8, 4) is 11.5 Å². The molecule has 5 nitrogen and oxygen atoms in total. The molecule has 0 unspecified atom stereocenters. The van der Waals surface area contributed by atoms with Crippen LogP contribution in [0.25, 0.3) is 0 Å². The highest BCUT2D eigenvalue weighted by atomic mass is 35.5. The van der Waals surface area contributed by atoms with Crippen LogP contribution in [0.2, 0.25) is 0 Å². The molecular formula is C28H34ClNO4. The van der Waals surface area contributed by atoms with Crippen LogP contribution >= 0.6 is 12.4 Å². The monoisotopic (exact) mass is 483 g/mol. The summed E-state index contributed by atoms with van der Waals surface area (Å²) in [6, 6.07) is 21.5. The number of carbonyl (C=O) groups is 1. The van der Waals surface area contributed by atoms with Crippen molar-refractivity contribution in [2.45, 2.75) is 32.3 Å². The summed E-state index contributed by atoms with van der Waals surface area (Å²) in [4.78, 5) is 15.6. The number of rotatable bonds is 9. The maximum atomic E-state index is 13.5. The fourth-order valence-electron chi connectivity index (χ4n) is 3.64. The van der Waals surface area contributed by atoms with E-state index < -0.39 is 11.6 Å². The quantitative estimate of drug-likeness (QED) is 0.329. The standard InChI is InChI=1S/C28H33NO4.ClH/c1-20(2)24-19-25(21(3)18-26(24)32-17-16-29(4)5)33-27(30)28(31,22-12-8-6-9-13-22)23-14-10-7-11-15-23;/h6-15,18-20,31H,16-17H2,1-5H3;1H. The van der Waals surface area contributed by atoms with E-state index in [9.17, 15) is 9.90 Å². The maximum Gasteiger partial charge on any atom is 0.353 e. The molecule has 0 bridgehead atoms. The van der Waals surface area contributed by atoms with E-state index in [0.717, 1.165) is 23.4 Å². The van der Waals surface area contributed by atoms with E-state index >= 15 is 0 Å². The first-order valence-corrected chi connectivity index (χ1v) is 11.2. The van der Waals surface area contributed by atoms with Gasteiger partial charge < -0.3 is 19.5 Å². The number of likely N-dealkylation sites (N-methyl/N-ethyl adjacent to an activating group) is 1. The van der Waals surface area contributed by atoms with Gasteiger partial charge in [0.2, 0.25) is 5.60 Å². The Morgan fingerprint density at radius 3 is 1.94 bits per heavy atom. The Morgan fingerprint density at radius 2 is 1.47 bits per heavy atom. The summed E-state index contributed by atoms with van der Waals surface area (Å²) >= 11 is 0. The maximum absolute atomic E-state index is 13.5. The van der Waals surface area contributed by atoms with Gasteiger partial charge in [-0.25, -0.2) is 4.79 Å². The minimum absolute atomic E-state index is 0. The van der Waals surface area contributed by atoms with Crippen molar-refractivity contribution in [1.82, 2.24) is 4.90 Å². The second-order valence-electron chi connectivity index (χ2n) is 8.79. The third-order valence-electron chi connectivity index (χ3n) is 5.61. The van der Waals surface area contributed by atoms with Crippen molar-refractivity contribution < 1.29 is 19.4 Å². The normalized spacial score (nSPS) is 11.3. The third-order valence-corrected chi connectivity index (χ3v) is 5.61. The minimum atomic E-state index is -1.94. The molecule has 0 aliphatic carbocycles. The van der Waals surface area contributed by atoms with Crippen LogP contribution in [0.3, 0.4) is 0 Å². The molecule has 0 heterocycles. The van der Waals surface area contributed by atoms with Gasteiger partial charge in [-0.2, -0.15) is 0 Å². The molecule has 0 atom stereocenters. The van der Waals surface area contributed by atoms with E-state index in [2.05, 4.69) is 18.7 Å². The zero-order chi connectivity index (χ0) is 24.0. The van der Waals surface area contributed by atoms with Gasteiger partial charge in [0, 0.05) is 12.1 Å². The molecule has 0 saturated carbocycles. The number of ether oxygens (including phenoxy) is 2. The largest absolute Gasteiger partial charge is 0.492 e. The van der Waals surface area contributed by atoms with Crippen molar-refractivity contribution in [1.29, 1.82) is 0 Å². The zero-order valence-electron chi connectivity index (χ0n) is 20.4. The summed E-state index contributed by atoms with van der Waals surface area (Å²) in [5, 5.41) is 11.7. The van der Waals surface area contributed by atoms with Crippen LogP contribution in [0.4, 0.5) is 0 Å². The van der Waals surface area contributed by atoms with Gasteiger partial charge in [-0.3, -0.25) is 0 Å². The first kappa shape index (κ1) is 27.4. The molecule has 3 aromatic carbocycles. The Kier molecular flexibility index (Phi) is 9.68. The van der Waals surface area contributed by atoms with E-state index in [1.807, 2.05) is 45.3 Å². The Labute approximate surface area is 208 Å². The molecule has 0 fully saturated rings. The summed E-state index contributed by atoms with van der Waals surface area (Å²) in [5.74, 6) is 0.609. The number of hydrogen-bond donors (Lipinski definition) is 1. The van der Waals surface area contributed by atoms with Gasteiger partial charge in [0.15, 0.2) is 0 Å². The Bertz CT molecular complexity index is 1030. The summed E-state index contributed by atoms with van der Waals surface area (Å²) in [5.41, 5.74) is 0.674.